The molecule has 1 aliphatic heterocycles. The molecule has 6 rings (SSSR count). The minimum absolute atomic E-state index is 0.0951. The van der Waals surface area contributed by atoms with E-state index in [9.17, 15) is 14.4 Å². The molecule has 4 heteroatoms. The number of anilines is 1. The molecule has 0 spiro atoms. The molecule has 2 amide bonds. The number of amides is 2. The minimum Gasteiger partial charge on any atom is -0.299 e. The summed E-state index contributed by atoms with van der Waals surface area (Å²) in [6, 6.07) is 15.2. The second-order valence-electron chi connectivity index (χ2n) is 7.23. The molecule has 0 aromatic heterocycles. The van der Waals surface area contributed by atoms with E-state index in [1.54, 1.807) is 6.07 Å². The first-order chi connectivity index (χ1) is 12.1. The number of fused-ring (bicyclic) bond motifs is 1. The fraction of sp³-hybridized carbons (Fsp3) is 0.286. The number of rotatable bonds is 1. The molecule has 0 radical (unpaired) electrons. The van der Waals surface area contributed by atoms with Crippen molar-refractivity contribution in [3.8, 4) is 0 Å². The Kier molecular flexibility index (Phi) is 2.85. The van der Waals surface area contributed by atoms with Gasteiger partial charge in [-0.3, -0.25) is 14.4 Å². The van der Waals surface area contributed by atoms with Crippen LogP contribution in [0.2, 0.25) is 0 Å². The highest BCUT2D eigenvalue weighted by Gasteiger charge is 2.62. The second kappa shape index (κ2) is 4.88. The Bertz CT molecular complexity index is 948. The molecule has 0 unspecified atom stereocenters. The summed E-state index contributed by atoms with van der Waals surface area (Å²) in [5.41, 5.74) is 3.54. The van der Waals surface area contributed by atoms with E-state index >= 15 is 0 Å². The van der Waals surface area contributed by atoms with Crippen LogP contribution in [0.25, 0.3) is 0 Å². The van der Waals surface area contributed by atoms with E-state index in [1.807, 2.05) is 49.4 Å². The molecule has 2 aromatic carbocycles. The van der Waals surface area contributed by atoms with Gasteiger partial charge in [0.05, 0.1) is 23.4 Å². The first-order valence-electron chi connectivity index (χ1n) is 8.64. The van der Waals surface area contributed by atoms with Gasteiger partial charge in [-0.1, -0.05) is 42.5 Å². The number of nitrogens with zero attached hydrogens (tertiary/aromatic N) is 1. The summed E-state index contributed by atoms with van der Waals surface area (Å²) < 4.78 is 0. The monoisotopic (exact) mass is 331 g/mol. The molecule has 1 saturated carbocycles. The first-order valence-corrected chi connectivity index (χ1v) is 8.64. The van der Waals surface area contributed by atoms with Crippen molar-refractivity contribution in [2.45, 2.75) is 25.2 Å². The molecule has 4 atom stereocenters. The van der Waals surface area contributed by atoms with E-state index in [0.29, 0.717) is 12.1 Å². The predicted octanol–water partition coefficient (Wildman–Crippen LogP) is 2.95. The highest BCUT2D eigenvalue weighted by molar-refractivity contribution is 6.25. The Morgan fingerprint density at radius 1 is 0.840 bits per heavy atom. The molecule has 4 aliphatic rings. The maximum absolute atomic E-state index is 13.2. The van der Waals surface area contributed by atoms with Crippen molar-refractivity contribution >= 4 is 23.3 Å². The number of imide groups is 1. The van der Waals surface area contributed by atoms with Gasteiger partial charge in [0.15, 0.2) is 0 Å². The molecule has 3 aliphatic carbocycles. The molecule has 1 saturated heterocycles. The lowest BCUT2D eigenvalue weighted by Crippen LogP contribution is -2.44. The third kappa shape index (κ3) is 1.74. The zero-order valence-electron chi connectivity index (χ0n) is 13.8. The number of hydrogen-bond acceptors (Lipinski definition) is 3. The van der Waals surface area contributed by atoms with Gasteiger partial charge >= 0.3 is 0 Å². The summed E-state index contributed by atoms with van der Waals surface area (Å²) in [7, 11) is 0. The van der Waals surface area contributed by atoms with Crippen LogP contribution in [0.4, 0.5) is 5.69 Å². The van der Waals surface area contributed by atoms with Crippen LogP contribution in [-0.4, -0.2) is 17.6 Å². The van der Waals surface area contributed by atoms with Gasteiger partial charge in [0.2, 0.25) is 11.8 Å². The Balaban J connectivity index is 1.68. The summed E-state index contributed by atoms with van der Waals surface area (Å²) in [5.74, 6) is -1.89. The number of carbonyl (C=O) groups is 3. The number of carbonyl (C=O) groups excluding carboxylic acids is 3. The molecular weight excluding hydrogens is 314 g/mol. The normalized spacial score (nSPS) is 29.8. The van der Waals surface area contributed by atoms with E-state index in [4.69, 9.17) is 0 Å². The predicted molar refractivity (Wildman–Crippen MR) is 92.2 cm³/mol. The van der Waals surface area contributed by atoms with E-state index in [2.05, 4.69) is 0 Å². The zero-order chi connectivity index (χ0) is 17.3. The topological polar surface area (TPSA) is 54.5 Å². The molecule has 4 nitrogen and oxygen atoms in total. The van der Waals surface area contributed by atoms with Crippen molar-refractivity contribution in [1.82, 2.24) is 0 Å². The number of Topliss-reactive ketones (excluding diaryl/α,β-unsaturated/α-hetero) is 1. The fourth-order valence-corrected chi connectivity index (χ4v) is 5.01. The van der Waals surface area contributed by atoms with Crippen LogP contribution in [0, 0.1) is 18.8 Å². The Labute approximate surface area is 145 Å². The summed E-state index contributed by atoms with van der Waals surface area (Å²) in [6.45, 7) is 1.90. The van der Waals surface area contributed by atoms with Crippen LogP contribution in [0.3, 0.4) is 0 Å². The number of aryl methyl sites for hydroxylation is 1. The number of ketones is 1. The average molecular weight is 331 g/mol. The molecule has 2 bridgehead atoms. The number of para-hydroxylation sites is 1. The van der Waals surface area contributed by atoms with E-state index in [1.165, 1.54) is 4.90 Å². The van der Waals surface area contributed by atoms with Crippen molar-refractivity contribution < 1.29 is 14.4 Å². The molecule has 0 N–H and O–H groups in total. The largest absolute Gasteiger partial charge is 0.299 e. The highest BCUT2D eigenvalue weighted by atomic mass is 16.2. The summed E-state index contributed by atoms with van der Waals surface area (Å²) in [6.07, 6.45) is 0.365. The quantitative estimate of drug-likeness (QED) is 0.755. The van der Waals surface area contributed by atoms with Crippen LogP contribution in [0.15, 0.2) is 48.5 Å². The lowest BCUT2D eigenvalue weighted by atomic mass is 9.56. The van der Waals surface area contributed by atoms with Crippen molar-refractivity contribution in [2.75, 3.05) is 4.90 Å². The smallest absolute Gasteiger partial charge is 0.238 e. The van der Waals surface area contributed by atoms with Crippen LogP contribution >= 0.6 is 0 Å². The lowest BCUT2D eigenvalue weighted by molar-refractivity contribution is -0.134. The zero-order valence-corrected chi connectivity index (χ0v) is 13.8. The molecule has 2 fully saturated rings. The SMILES string of the molecule is Cc1ccccc1N1C(=O)[C@@H]2[C@@H](C1=O)[C@H]1C(=O)C[C@@H]2c2ccccc21. The Morgan fingerprint density at radius 3 is 2.24 bits per heavy atom. The average Bonchev–Trinajstić information content (AvgIpc) is 2.88. The maximum atomic E-state index is 13.2. The van der Waals surface area contributed by atoms with Gasteiger partial charge in [-0.25, -0.2) is 4.90 Å². The molecular formula is C21H17NO3. The first kappa shape index (κ1) is 14.6. The van der Waals surface area contributed by atoms with Gasteiger partial charge in [-0.2, -0.15) is 0 Å². The molecule has 1 heterocycles. The molecule has 124 valence electrons. The molecule has 25 heavy (non-hydrogen) atoms. The highest BCUT2D eigenvalue weighted by Crippen LogP contribution is 2.57. The van der Waals surface area contributed by atoms with Crippen molar-refractivity contribution in [2.24, 2.45) is 11.8 Å². The third-order valence-electron chi connectivity index (χ3n) is 6.05. The van der Waals surface area contributed by atoms with Crippen molar-refractivity contribution in [3.05, 3.63) is 65.2 Å². The van der Waals surface area contributed by atoms with Crippen LogP contribution < -0.4 is 4.90 Å². The van der Waals surface area contributed by atoms with Crippen LogP contribution in [0.5, 0.6) is 0 Å². The second-order valence-corrected chi connectivity index (χ2v) is 7.23. The van der Waals surface area contributed by atoms with Crippen molar-refractivity contribution in [3.63, 3.8) is 0 Å². The van der Waals surface area contributed by atoms with Gasteiger partial charge in [0, 0.05) is 12.3 Å². The van der Waals surface area contributed by atoms with Gasteiger partial charge < -0.3 is 0 Å². The summed E-state index contributed by atoms with van der Waals surface area (Å²) >= 11 is 0. The van der Waals surface area contributed by atoms with E-state index in [-0.39, 0.29) is 23.5 Å². The maximum Gasteiger partial charge on any atom is 0.238 e. The van der Waals surface area contributed by atoms with Gasteiger partial charge in [-0.15, -0.1) is 0 Å². The third-order valence-corrected chi connectivity index (χ3v) is 6.05. The number of hydrogen-bond donors (Lipinski definition) is 0. The fourth-order valence-electron chi connectivity index (χ4n) is 5.01. The van der Waals surface area contributed by atoms with Crippen LogP contribution in [-0.2, 0) is 14.4 Å². The minimum atomic E-state index is -0.548. The van der Waals surface area contributed by atoms with E-state index < -0.39 is 17.8 Å². The molecule has 2 aromatic rings. The van der Waals surface area contributed by atoms with E-state index in [0.717, 1.165) is 16.7 Å². The van der Waals surface area contributed by atoms with Crippen LogP contribution in [0.1, 0.15) is 34.9 Å². The van der Waals surface area contributed by atoms with Gasteiger partial charge in [-0.05, 0) is 29.7 Å². The van der Waals surface area contributed by atoms with Crippen molar-refractivity contribution in [1.29, 1.82) is 0 Å². The Hall–Kier alpha value is -2.75. The number of benzene rings is 2. The lowest BCUT2D eigenvalue weighted by Gasteiger charge is -2.43. The summed E-state index contributed by atoms with van der Waals surface area (Å²) in [4.78, 5) is 40.4. The summed E-state index contributed by atoms with van der Waals surface area (Å²) in [5, 5.41) is 0. The van der Waals surface area contributed by atoms with Gasteiger partial charge in [0.1, 0.15) is 5.78 Å². The Morgan fingerprint density at radius 2 is 1.48 bits per heavy atom. The standard InChI is InChI=1S/C21H17NO3/c1-11-6-2-5-9-15(11)22-20(24)18-14-10-16(23)17(19(18)21(22)25)13-8-4-3-7-12(13)14/h2-9,14,17-19H,10H2,1H3/t14-,17-,18+,19+/m1/s1. The van der Waals surface area contributed by atoms with Gasteiger partial charge in [0.25, 0.3) is 0 Å².